The average Bonchev–Trinajstić information content (AvgIpc) is 3.16. The smallest absolute Gasteiger partial charge is 0.339 e. The van der Waals surface area contributed by atoms with E-state index < -0.39 is 35.4 Å². The molecule has 4 rings (SSSR count). The Hall–Kier alpha value is -3.67. The maximum Gasteiger partial charge on any atom is 0.339 e. The van der Waals surface area contributed by atoms with E-state index in [4.69, 9.17) is 16.3 Å². The van der Waals surface area contributed by atoms with Crippen LogP contribution in [0.2, 0.25) is 5.02 Å². The lowest BCUT2D eigenvalue weighted by atomic mass is 10.1. The van der Waals surface area contributed by atoms with Crippen LogP contribution >= 0.6 is 39.3 Å². The highest BCUT2D eigenvalue weighted by atomic mass is 79.9. The summed E-state index contributed by atoms with van der Waals surface area (Å²) in [6.45, 7) is -0.591. The van der Waals surface area contributed by atoms with Gasteiger partial charge in [-0.2, -0.15) is 0 Å². The Morgan fingerprint density at radius 1 is 1.13 bits per heavy atom. The van der Waals surface area contributed by atoms with Crippen molar-refractivity contribution in [3.05, 3.63) is 97.6 Å². The Bertz CT molecular complexity index is 1520. The van der Waals surface area contributed by atoms with Gasteiger partial charge < -0.3 is 14.8 Å². The lowest BCUT2D eigenvalue weighted by Gasteiger charge is -2.13. The predicted molar refractivity (Wildman–Crippen MR) is 149 cm³/mol. The highest BCUT2D eigenvalue weighted by Gasteiger charge is 2.36. The fraction of sp³-hybridized carbons (Fsp3) is 0.111. The number of thioether (sulfide) groups is 1. The number of esters is 1. The third-order valence-electron chi connectivity index (χ3n) is 5.43. The van der Waals surface area contributed by atoms with Gasteiger partial charge in [0.1, 0.15) is 24.7 Å². The van der Waals surface area contributed by atoms with Crippen molar-refractivity contribution in [3.63, 3.8) is 0 Å². The molecule has 0 atom stereocenters. The number of nitrogens with one attached hydrogen (secondary N) is 1. The Morgan fingerprint density at radius 3 is 2.64 bits per heavy atom. The Morgan fingerprint density at radius 2 is 1.90 bits per heavy atom. The topological polar surface area (TPSA) is 102 Å². The van der Waals surface area contributed by atoms with Crippen LogP contribution in [0.1, 0.15) is 21.5 Å². The molecule has 1 N–H and O–H groups in total. The van der Waals surface area contributed by atoms with Crippen molar-refractivity contribution in [3.8, 4) is 5.75 Å². The van der Waals surface area contributed by atoms with Gasteiger partial charge in [0.05, 0.1) is 22.6 Å². The fourth-order valence-electron chi connectivity index (χ4n) is 3.53. The van der Waals surface area contributed by atoms with Gasteiger partial charge in [0.2, 0.25) is 5.91 Å². The Labute approximate surface area is 240 Å². The number of anilines is 1. The normalized spacial score (nSPS) is 14.1. The second-order valence-electron chi connectivity index (χ2n) is 8.06. The summed E-state index contributed by atoms with van der Waals surface area (Å²) in [6, 6.07) is 15.5. The molecule has 8 nitrogen and oxygen atoms in total. The summed E-state index contributed by atoms with van der Waals surface area (Å²) < 4.78 is 25.2. The van der Waals surface area contributed by atoms with Crippen LogP contribution in [0.5, 0.6) is 5.75 Å². The summed E-state index contributed by atoms with van der Waals surface area (Å²) in [5.41, 5.74) is 1.12. The van der Waals surface area contributed by atoms with Gasteiger partial charge in [-0.15, -0.1) is 0 Å². The lowest BCUT2D eigenvalue weighted by Crippen LogP contribution is -2.36. The molecule has 1 aliphatic rings. The maximum atomic E-state index is 14.0. The first-order valence-corrected chi connectivity index (χ1v) is 13.2. The minimum Gasteiger partial charge on any atom is -0.488 e. The number of benzene rings is 3. The molecule has 1 fully saturated rings. The minimum absolute atomic E-state index is 0.0425. The van der Waals surface area contributed by atoms with Crippen LogP contribution in [-0.4, -0.2) is 41.6 Å². The summed E-state index contributed by atoms with van der Waals surface area (Å²) in [6.07, 6.45) is 1.48. The SMILES string of the molecule is COC(=O)c1cc(NC(=O)CN2C(=O)S/C(=C\c3cc(Br)ccc3OCc3ccccc3F)C2=O)ccc1Cl. The van der Waals surface area contributed by atoms with E-state index in [-0.39, 0.29) is 27.8 Å². The van der Waals surface area contributed by atoms with Crippen molar-refractivity contribution < 1.29 is 33.0 Å². The highest BCUT2D eigenvalue weighted by Crippen LogP contribution is 2.35. The number of halogens is 3. The highest BCUT2D eigenvalue weighted by molar-refractivity contribution is 9.10. The van der Waals surface area contributed by atoms with Crippen LogP contribution in [0.25, 0.3) is 6.08 Å². The van der Waals surface area contributed by atoms with E-state index in [2.05, 4.69) is 26.0 Å². The minimum atomic E-state index is -0.683. The van der Waals surface area contributed by atoms with Gasteiger partial charge >= 0.3 is 5.97 Å². The standard InChI is InChI=1S/C27H19BrClFN2O6S/c1-37-26(35)19-12-18(7-8-20(19)29)31-24(33)13-32-25(34)23(39-27(32)36)11-16-10-17(28)6-9-22(16)38-14-15-4-2-3-5-21(15)30/h2-12H,13-14H2,1H3,(H,31,33)/b23-11-. The molecule has 0 spiro atoms. The largest absolute Gasteiger partial charge is 0.488 e. The van der Waals surface area contributed by atoms with E-state index in [1.165, 1.54) is 37.5 Å². The van der Waals surface area contributed by atoms with E-state index in [0.717, 1.165) is 4.90 Å². The van der Waals surface area contributed by atoms with Gasteiger partial charge in [0, 0.05) is 21.3 Å². The van der Waals surface area contributed by atoms with Crippen LogP contribution in [0.4, 0.5) is 14.9 Å². The maximum absolute atomic E-state index is 14.0. The number of hydrogen-bond donors (Lipinski definition) is 1. The van der Waals surface area contributed by atoms with Crippen LogP contribution in [-0.2, 0) is 20.9 Å². The van der Waals surface area contributed by atoms with Crippen LogP contribution in [0.15, 0.2) is 70.0 Å². The first kappa shape index (κ1) is 28.3. The average molecular weight is 634 g/mol. The summed E-state index contributed by atoms with van der Waals surface area (Å²) >= 11 is 10.0. The third kappa shape index (κ3) is 6.86. The van der Waals surface area contributed by atoms with Crippen molar-refractivity contribution in [1.82, 2.24) is 4.90 Å². The number of carbonyl (C=O) groups is 4. The molecular formula is C27H19BrClFN2O6S. The van der Waals surface area contributed by atoms with Crippen LogP contribution < -0.4 is 10.1 Å². The van der Waals surface area contributed by atoms with Crippen molar-refractivity contribution in [2.45, 2.75) is 6.61 Å². The molecule has 3 aromatic rings. The number of hydrogen-bond acceptors (Lipinski definition) is 7. The quantitative estimate of drug-likeness (QED) is 0.230. The molecule has 0 aliphatic carbocycles. The van der Waals surface area contributed by atoms with Gasteiger partial charge in [-0.25, -0.2) is 9.18 Å². The third-order valence-corrected chi connectivity index (χ3v) is 7.16. The molecule has 39 heavy (non-hydrogen) atoms. The first-order valence-electron chi connectivity index (χ1n) is 11.2. The van der Waals surface area contributed by atoms with E-state index in [1.807, 2.05) is 0 Å². The number of amides is 3. The molecule has 1 heterocycles. The molecule has 1 saturated heterocycles. The molecule has 0 aromatic heterocycles. The van der Waals surface area contributed by atoms with Gasteiger partial charge in [0.15, 0.2) is 0 Å². The molecule has 0 saturated carbocycles. The van der Waals surface area contributed by atoms with Crippen molar-refractivity contribution >= 4 is 74.1 Å². The Kier molecular flexibility index (Phi) is 9.05. The Balaban J connectivity index is 1.48. The second kappa shape index (κ2) is 12.5. The van der Waals surface area contributed by atoms with E-state index >= 15 is 0 Å². The molecule has 0 radical (unpaired) electrons. The predicted octanol–water partition coefficient (Wildman–Crippen LogP) is 6.28. The molecule has 1 aliphatic heterocycles. The van der Waals surface area contributed by atoms with Crippen LogP contribution in [0.3, 0.4) is 0 Å². The molecule has 0 bridgehead atoms. The number of rotatable bonds is 8. The van der Waals surface area contributed by atoms with Crippen molar-refractivity contribution in [2.24, 2.45) is 0 Å². The van der Waals surface area contributed by atoms with Gasteiger partial charge in [-0.05, 0) is 60.3 Å². The summed E-state index contributed by atoms with van der Waals surface area (Å²) in [7, 11) is 1.20. The van der Waals surface area contributed by atoms with E-state index in [0.29, 0.717) is 33.1 Å². The summed E-state index contributed by atoms with van der Waals surface area (Å²) in [4.78, 5) is 50.9. The zero-order valence-corrected chi connectivity index (χ0v) is 23.4. The first-order chi connectivity index (χ1) is 18.7. The number of ether oxygens (including phenoxy) is 2. The molecule has 0 unspecified atom stereocenters. The number of methoxy groups -OCH3 is 1. The van der Waals surface area contributed by atoms with Crippen molar-refractivity contribution in [1.29, 1.82) is 0 Å². The zero-order chi connectivity index (χ0) is 28.1. The zero-order valence-electron chi connectivity index (χ0n) is 20.2. The summed E-state index contributed by atoms with van der Waals surface area (Å²) in [5, 5.41) is 2.05. The number of imide groups is 1. The van der Waals surface area contributed by atoms with E-state index in [9.17, 15) is 23.6 Å². The monoisotopic (exact) mass is 632 g/mol. The fourth-order valence-corrected chi connectivity index (χ4v) is 4.93. The van der Waals surface area contributed by atoms with Gasteiger partial charge in [0.25, 0.3) is 11.1 Å². The summed E-state index contributed by atoms with van der Waals surface area (Å²) in [5.74, 6) is -2.04. The van der Waals surface area contributed by atoms with E-state index in [1.54, 1.807) is 36.4 Å². The number of carbonyl (C=O) groups excluding carboxylic acids is 4. The second-order valence-corrected chi connectivity index (χ2v) is 10.4. The molecule has 3 aromatic carbocycles. The van der Waals surface area contributed by atoms with Crippen molar-refractivity contribution in [2.75, 3.05) is 19.0 Å². The van der Waals surface area contributed by atoms with Gasteiger partial charge in [-0.3, -0.25) is 19.3 Å². The van der Waals surface area contributed by atoms with Crippen LogP contribution in [0, 0.1) is 5.82 Å². The lowest BCUT2D eigenvalue weighted by molar-refractivity contribution is -0.127. The molecule has 12 heteroatoms. The molecule has 3 amide bonds. The molecular weight excluding hydrogens is 615 g/mol. The molecule has 200 valence electrons. The number of nitrogens with zero attached hydrogens (tertiary/aromatic N) is 1. The van der Waals surface area contributed by atoms with Gasteiger partial charge in [-0.1, -0.05) is 45.7 Å².